The Morgan fingerprint density at radius 2 is 1.74 bits per heavy atom. The molecule has 0 saturated carbocycles. The van der Waals surface area contributed by atoms with Crippen LogP contribution >= 0.6 is 0 Å². The Morgan fingerprint density at radius 1 is 1.15 bits per heavy atom. The molecule has 2 aliphatic rings. The molecule has 1 aliphatic carbocycles. The molecule has 178 valence electrons. The van der Waals surface area contributed by atoms with Crippen molar-refractivity contribution >= 4 is 18.0 Å². The Kier molecular flexibility index (Phi) is 6.37. The van der Waals surface area contributed by atoms with E-state index in [0.717, 1.165) is 22.3 Å². The average Bonchev–Trinajstić information content (AvgIpc) is 3.31. The van der Waals surface area contributed by atoms with Gasteiger partial charge in [0.2, 0.25) is 5.91 Å². The largest absolute Gasteiger partial charge is 0.480 e. The van der Waals surface area contributed by atoms with Gasteiger partial charge in [-0.05, 0) is 28.7 Å². The number of nitrogens with zero attached hydrogens (tertiary/aromatic N) is 1. The number of fused-ring (bicyclic) bond motifs is 3. The van der Waals surface area contributed by atoms with Crippen molar-refractivity contribution in [2.24, 2.45) is 0 Å². The van der Waals surface area contributed by atoms with Crippen molar-refractivity contribution in [3.05, 3.63) is 72.3 Å². The van der Waals surface area contributed by atoms with Crippen molar-refractivity contribution in [3.63, 3.8) is 0 Å². The highest BCUT2D eigenvalue weighted by molar-refractivity contribution is 5.90. The molecule has 0 spiro atoms. The third kappa shape index (κ3) is 4.50. The lowest BCUT2D eigenvalue weighted by Crippen LogP contribution is -2.52. The van der Waals surface area contributed by atoms with E-state index in [1.165, 1.54) is 6.08 Å². The van der Waals surface area contributed by atoms with Gasteiger partial charge in [0.15, 0.2) is 0 Å². The number of hydrogen-bond acceptors (Lipinski definition) is 4. The first-order valence-corrected chi connectivity index (χ1v) is 10.9. The van der Waals surface area contributed by atoms with Gasteiger partial charge in [0.1, 0.15) is 18.7 Å². The van der Waals surface area contributed by atoms with Gasteiger partial charge in [0.25, 0.3) is 5.92 Å². The van der Waals surface area contributed by atoms with Crippen molar-refractivity contribution in [2.45, 2.75) is 36.8 Å². The summed E-state index contributed by atoms with van der Waals surface area (Å²) < 4.78 is 33.1. The number of carboxylic acids is 1. The molecular weight excluding hydrogens is 446 g/mol. The number of benzene rings is 2. The van der Waals surface area contributed by atoms with E-state index in [1.54, 1.807) is 0 Å². The van der Waals surface area contributed by atoms with E-state index in [2.05, 4.69) is 11.9 Å². The molecule has 1 fully saturated rings. The lowest BCUT2D eigenvalue weighted by Gasteiger charge is -2.26. The summed E-state index contributed by atoms with van der Waals surface area (Å²) >= 11 is 0. The van der Waals surface area contributed by atoms with Gasteiger partial charge in [0, 0.05) is 12.3 Å². The summed E-state index contributed by atoms with van der Waals surface area (Å²) in [5, 5.41) is 11.7. The predicted octanol–water partition coefficient (Wildman–Crippen LogP) is 3.79. The molecular formula is C25H24F2N2O5. The molecule has 7 nitrogen and oxygen atoms in total. The molecule has 1 aliphatic heterocycles. The van der Waals surface area contributed by atoms with E-state index in [4.69, 9.17) is 4.74 Å². The van der Waals surface area contributed by atoms with Crippen LogP contribution in [0.2, 0.25) is 0 Å². The van der Waals surface area contributed by atoms with Gasteiger partial charge in [-0.1, -0.05) is 54.6 Å². The normalized spacial score (nSPS) is 19.1. The van der Waals surface area contributed by atoms with Crippen LogP contribution in [0.1, 0.15) is 29.9 Å². The van der Waals surface area contributed by atoms with Gasteiger partial charge in [-0.2, -0.15) is 0 Å². The number of rotatable bonds is 7. The Bertz CT molecular complexity index is 1090. The maximum Gasteiger partial charge on any atom is 0.407 e. The molecule has 0 bridgehead atoms. The fourth-order valence-corrected chi connectivity index (χ4v) is 4.64. The Morgan fingerprint density at radius 3 is 2.29 bits per heavy atom. The molecule has 2 N–H and O–H groups in total. The SMILES string of the molecule is C=CCC(NC(=O)OCC1c2ccccc2-c2ccccc21)C(=O)N1CC(F)(F)C[C@@H]1C(=O)O. The summed E-state index contributed by atoms with van der Waals surface area (Å²) in [5.41, 5.74) is 4.14. The fraction of sp³-hybridized carbons (Fsp3) is 0.320. The van der Waals surface area contributed by atoms with E-state index in [1.807, 2.05) is 48.5 Å². The van der Waals surface area contributed by atoms with Crippen LogP contribution in [0.3, 0.4) is 0 Å². The molecule has 34 heavy (non-hydrogen) atoms. The van der Waals surface area contributed by atoms with Gasteiger partial charge in [-0.25, -0.2) is 18.4 Å². The molecule has 1 saturated heterocycles. The van der Waals surface area contributed by atoms with Gasteiger partial charge in [0.05, 0.1) is 6.54 Å². The van der Waals surface area contributed by atoms with Crippen LogP contribution in [0, 0.1) is 0 Å². The maximum absolute atomic E-state index is 13.8. The number of aliphatic carboxylic acids is 1. The number of carbonyl (C=O) groups is 3. The van der Waals surface area contributed by atoms with Gasteiger partial charge in [-0.15, -0.1) is 6.58 Å². The Hall–Kier alpha value is -3.75. The van der Waals surface area contributed by atoms with Crippen LogP contribution in [0.25, 0.3) is 11.1 Å². The van der Waals surface area contributed by atoms with Crippen LogP contribution in [-0.4, -0.2) is 59.1 Å². The first-order chi connectivity index (χ1) is 16.2. The van der Waals surface area contributed by atoms with E-state index < -0.39 is 48.9 Å². The third-order valence-electron chi connectivity index (χ3n) is 6.17. The van der Waals surface area contributed by atoms with Crippen LogP contribution in [0.15, 0.2) is 61.2 Å². The zero-order chi connectivity index (χ0) is 24.5. The molecule has 0 radical (unpaired) electrons. The first-order valence-electron chi connectivity index (χ1n) is 10.9. The molecule has 2 aromatic rings. The van der Waals surface area contributed by atoms with Gasteiger partial charge in [-0.3, -0.25) is 4.79 Å². The minimum Gasteiger partial charge on any atom is -0.480 e. The average molecular weight is 470 g/mol. The quantitative estimate of drug-likeness (QED) is 0.601. The number of alkyl carbamates (subject to hydrolysis) is 1. The van der Waals surface area contributed by atoms with E-state index in [-0.39, 0.29) is 18.9 Å². The zero-order valence-electron chi connectivity index (χ0n) is 18.2. The van der Waals surface area contributed by atoms with E-state index >= 15 is 0 Å². The molecule has 0 aromatic heterocycles. The van der Waals surface area contributed by atoms with Crippen molar-refractivity contribution in [1.29, 1.82) is 0 Å². The number of alkyl halides is 2. The number of nitrogens with one attached hydrogen (secondary N) is 1. The molecule has 1 unspecified atom stereocenters. The molecule has 2 aromatic carbocycles. The summed E-state index contributed by atoms with van der Waals surface area (Å²) in [6.07, 6.45) is -0.604. The molecule has 9 heteroatoms. The number of ether oxygens (including phenoxy) is 1. The highest BCUT2D eigenvalue weighted by Crippen LogP contribution is 2.44. The maximum atomic E-state index is 13.8. The second kappa shape index (κ2) is 9.24. The second-order valence-corrected chi connectivity index (χ2v) is 8.43. The monoisotopic (exact) mass is 470 g/mol. The van der Waals surface area contributed by atoms with Crippen molar-refractivity contribution in [3.8, 4) is 11.1 Å². The van der Waals surface area contributed by atoms with Crippen molar-refractivity contribution in [1.82, 2.24) is 10.2 Å². The smallest absolute Gasteiger partial charge is 0.407 e. The summed E-state index contributed by atoms with van der Waals surface area (Å²) in [5.74, 6) is -5.95. The lowest BCUT2D eigenvalue weighted by atomic mass is 9.98. The predicted molar refractivity (Wildman–Crippen MR) is 120 cm³/mol. The third-order valence-corrected chi connectivity index (χ3v) is 6.17. The number of amides is 2. The van der Waals surface area contributed by atoms with Crippen LogP contribution < -0.4 is 5.32 Å². The molecule has 4 rings (SSSR count). The van der Waals surface area contributed by atoms with Crippen LogP contribution in [0.5, 0.6) is 0 Å². The standard InChI is InChI=1S/C25H24F2N2O5/c1-2-7-20(22(30)29-14-25(26,27)12-21(29)23(31)32)28-24(33)34-13-19-17-10-5-3-8-15(17)16-9-4-6-11-18(16)19/h2-6,8-11,19-21H,1,7,12-14H2,(H,28,33)(H,31,32)/t20?,21-/m1/s1. The van der Waals surface area contributed by atoms with Crippen LogP contribution in [-0.2, 0) is 14.3 Å². The Labute approximate surface area is 195 Å². The van der Waals surface area contributed by atoms with Gasteiger partial charge < -0.3 is 20.1 Å². The Balaban J connectivity index is 1.45. The van der Waals surface area contributed by atoms with Crippen molar-refractivity contribution < 1.29 is 33.0 Å². The lowest BCUT2D eigenvalue weighted by molar-refractivity contribution is -0.148. The number of halogens is 2. The molecule has 1 heterocycles. The summed E-state index contributed by atoms with van der Waals surface area (Å²) in [4.78, 5) is 37.4. The van der Waals surface area contributed by atoms with Gasteiger partial charge >= 0.3 is 12.1 Å². The molecule has 2 amide bonds. The van der Waals surface area contributed by atoms with Crippen LogP contribution in [0.4, 0.5) is 13.6 Å². The summed E-state index contributed by atoms with van der Waals surface area (Å²) in [6.45, 7) is 2.51. The fourth-order valence-electron chi connectivity index (χ4n) is 4.64. The van der Waals surface area contributed by atoms with E-state index in [9.17, 15) is 28.3 Å². The number of carboxylic acid groups (broad SMARTS) is 1. The highest BCUT2D eigenvalue weighted by Gasteiger charge is 2.51. The summed E-state index contributed by atoms with van der Waals surface area (Å²) in [7, 11) is 0. The number of likely N-dealkylation sites (tertiary alicyclic amines) is 1. The topological polar surface area (TPSA) is 95.9 Å². The number of hydrogen-bond donors (Lipinski definition) is 2. The first kappa shape index (κ1) is 23.4. The minimum atomic E-state index is -3.32. The zero-order valence-corrected chi connectivity index (χ0v) is 18.2. The number of carbonyl (C=O) groups excluding carboxylic acids is 2. The minimum absolute atomic E-state index is 0.00833. The highest BCUT2D eigenvalue weighted by atomic mass is 19.3. The summed E-state index contributed by atoms with van der Waals surface area (Å²) in [6, 6.07) is 12.7. The molecule has 2 atom stereocenters. The van der Waals surface area contributed by atoms with Crippen molar-refractivity contribution in [2.75, 3.05) is 13.2 Å². The van der Waals surface area contributed by atoms with E-state index in [0.29, 0.717) is 4.90 Å². The second-order valence-electron chi connectivity index (χ2n) is 8.43.